The third kappa shape index (κ3) is 69.8. The summed E-state index contributed by atoms with van der Waals surface area (Å²) in [5, 5.41) is 0. The molecule has 6 nitrogen and oxygen atoms in total. The van der Waals surface area contributed by atoms with Gasteiger partial charge in [0.1, 0.15) is 13.2 Å². The van der Waals surface area contributed by atoms with E-state index in [1.807, 2.05) is 0 Å². The number of carbonyl (C=O) groups is 3. The van der Waals surface area contributed by atoms with Crippen molar-refractivity contribution in [2.75, 3.05) is 13.2 Å². The number of carbonyl (C=O) groups excluding carboxylic acids is 3. The first-order valence-corrected chi connectivity index (χ1v) is 36.8. The van der Waals surface area contributed by atoms with Crippen LogP contribution < -0.4 is 0 Å². The first-order chi connectivity index (χ1) is 41.0. The number of ether oxygens (including phenoxy) is 3. The van der Waals surface area contributed by atoms with Crippen LogP contribution in [-0.4, -0.2) is 37.2 Å². The lowest BCUT2D eigenvalue weighted by atomic mass is 10.0. The maximum atomic E-state index is 12.9. The molecule has 83 heavy (non-hydrogen) atoms. The van der Waals surface area contributed by atoms with Crippen molar-refractivity contribution < 1.29 is 28.6 Å². The molecule has 0 aromatic heterocycles. The van der Waals surface area contributed by atoms with Gasteiger partial charge in [0.2, 0.25) is 0 Å². The largest absolute Gasteiger partial charge is 0.462 e. The zero-order chi connectivity index (χ0) is 59.9. The van der Waals surface area contributed by atoms with Crippen LogP contribution in [-0.2, 0) is 28.6 Å². The second kappa shape index (κ2) is 71.6. The number of hydrogen-bond acceptors (Lipinski definition) is 6. The van der Waals surface area contributed by atoms with Gasteiger partial charge in [0, 0.05) is 19.3 Å². The first-order valence-electron chi connectivity index (χ1n) is 36.8. The quantitative estimate of drug-likeness (QED) is 0.0261. The molecular weight excluding hydrogens is 1020 g/mol. The Balaban J connectivity index is 4.02. The minimum absolute atomic E-state index is 0.0745. The predicted molar refractivity (Wildman–Crippen MR) is 362 cm³/mol. The highest BCUT2D eigenvalue weighted by Gasteiger charge is 2.19. The van der Waals surface area contributed by atoms with Gasteiger partial charge in [0.15, 0.2) is 6.10 Å². The molecule has 0 radical (unpaired) electrons. The molecule has 0 fully saturated rings. The third-order valence-corrected chi connectivity index (χ3v) is 16.5. The average molecular weight is 1160 g/mol. The van der Waals surface area contributed by atoms with Crippen LogP contribution in [0.2, 0.25) is 0 Å². The van der Waals surface area contributed by atoms with Gasteiger partial charge >= 0.3 is 17.9 Å². The maximum Gasteiger partial charge on any atom is 0.306 e. The molecule has 0 rings (SSSR count). The van der Waals surface area contributed by atoms with Gasteiger partial charge in [0.25, 0.3) is 0 Å². The lowest BCUT2D eigenvalue weighted by Gasteiger charge is -2.18. The van der Waals surface area contributed by atoms with Gasteiger partial charge in [-0.05, 0) is 64.2 Å². The van der Waals surface area contributed by atoms with Gasteiger partial charge in [-0.25, -0.2) is 0 Å². The van der Waals surface area contributed by atoms with E-state index >= 15 is 0 Å². The summed E-state index contributed by atoms with van der Waals surface area (Å²) in [4.78, 5) is 38.2. The molecule has 6 heteroatoms. The lowest BCUT2D eigenvalue weighted by Crippen LogP contribution is -2.30. The number of allylic oxidation sites excluding steroid dienone is 10. The van der Waals surface area contributed by atoms with Gasteiger partial charge < -0.3 is 14.2 Å². The summed E-state index contributed by atoms with van der Waals surface area (Å²) in [7, 11) is 0. The monoisotopic (exact) mass is 1160 g/mol. The van der Waals surface area contributed by atoms with E-state index in [1.165, 1.54) is 257 Å². The average Bonchev–Trinajstić information content (AvgIpc) is 3.49. The molecule has 484 valence electrons. The summed E-state index contributed by atoms with van der Waals surface area (Å²) < 4.78 is 16.9. The zero-order valence-corrected chi connectivity index (χ0v) is 55.7. The highest BCUT2D eigenvalue weighted by molar-refractivity contribution is 5.71. The Kier molecular flexibility index (Phi) is 69.1. The number of esters is 3. The van der Waals surface area contributed by atoms with Gasteiger partial charge in [0.05, 0.1) is 0 Å². The first kappa shape index (κ1) is 80.1. The summed E-state index contributed by atoms with van der Waals surface area (Å²) in [5.74, 6) is -0.869. The van der Waals surface area contributed by atoms with Crippen LogP contribution in [0.3, 0.4) is 0 Å². The van der Waals surface area contributed by atoms with Crippen LogP contribution in [0.5, 0.6) is 0 Å². The second-order valence-corrected chi connectivity index (χ2v) is 24.8. The molecule has 0 spiro atoms. The number of unbranched alkanes of at least 4 members (excludes halogenated alkanes) is 47. The van der Waals surface area contributed by atoms with Gasteiger partial charge in [-0.2, -0.15) is 0 Å². The van der Waals surface area contributed by atoms with Crippen molar-refractivity contribution in [1.29, 1.82) is 0 Å². The Morgan fingerprint density at radius 2 is 0.470 bits per heavy atom. The minimum Gasteiger partial charge on any atom is -0.462 e. The summed E-state index contributed by atoms with van der Waals surface area (Å²) in [5.41, 5.74) is 0. The van der Waals surface area contributed by atoms with Crippen LogP contribution in [0.25, 0.3) is 0 Å². The molecule has 0 N–H and O–H groups in total. The van der Waals surface area contributed by atoms with E-state index < -0.39 is 6.10 Å². The minimum atomic E-state index is -0.778. The molecule has 0 aliphatic carbocycles. The molecule has 0 aliphatic rings. The molecule has 0 saturated heterocycles. The predicted octanol–water partition coefficient (Wildman–Crippen LogP) is 25.5. The molecular formula is C77H140O6. The smallest absolute Gasteiger partial charge is 0.306 e. The van der Waals surface area contributed by atoms with Crippen molar-refractivity contribution in [2.45, 2.75) is 399 Å². The number of hydrogen-bond donors (Lipinski definition) is 0. The fourth-order valence-corrected chi connectivity index (χ4v) is 11.1. The van der Waals surface area contributed by atoms with E-state index in [0.29, 0.717) is 19.3 Å². The SMILES string of the molecule is CC/C=C\C/C=C\C/C=C\C/C=C\C/C=C\CCCCCCCCCC(=O)OC(COC(=O)CCCCCCCCCC)COC(=O)CCCCCCCCCCCCCCCCCCCCCCCCCCCCCCCCCCCC. The highest BCUT2D eigenvalue weighted by Crippen LogP contribution is 2.19. The Morgan fingerprint density at radius 3 is 0.735 bits per heavy atom. The van der Waals surface area contributed by atoms with Gasteiger partial charge in [-0.3, -0.25) is 14.4 Å². The topological polar surface area (TPSA) is 78.9 Å². The Morgan fingerprint density at radius 1 is 0.253 bits per heavy atom. The number of rotatable bonds is 68. The van der Waals surface area contributed by atoms with Crippen LogP contribution >= 0.6 is 0 Å². The molecule has 0 saturated carbocycles. The maximum absolute atomic E-state index is 12.9. The van der Waals surface area contributed by atoms with E-state index in [1.54, 1.807) is 0 Å². The molecule has 1 unspecified atom stereocenters. The lowest BCUT2D eigenvalue weighted by molar-refractivity contribution is -0.167. The molecule has 1 atom stereocenters. The van der Waals surface area contributed by atoms with Crippen molar-refractivity contribution >= 4 is 17.9 Å². The van der Waals surface area contributed by atoms with E-state index in [4.69, 9.17) is 14.2 Å². The molecule has 0 aromatic rings. The Hall–Kier alpha value is -2.89. The molecule has 0 aromatic carbocycles. The third-order valence-electron chi connectivity index (χ3n) is 16.5. The fourth-order valence-electron chi connectivity index (χ4n) is 11.1. The highest BCUT2D eigenvalue weighted by atomic mass is 16.6. The zero-order valence-electron chi connectivity index (χ0n) is 55.7. The molecule has 0 heterocycles. The van der Waals surface area contributed by atoms with Crippen molar-refractivity contribution in [1.82, 2.24) is 0 Å². The van der Waals surface area contributed by atoms with Crippen LogP contribution in [0.15, 0.2) is 60.8 Å². The fraction of sp³-hybridized carbons (Fsp3) is 0.831. The summed E-state index contributed by atoms with van der Waals surface area (Å²) in [6, 6.07) is 0. The Labute approximate surface area is 517 Å². The van der Waals surface area contributed by atoms with Crippen molar-refractivity contribution in [2.24, 2.45) is 0 Å². The molecule has 0 bridgehead atoms. The van der Waals surface area contributed by atoms with Crippen LogP contribution in [0.1, 0.15) is 393 Å². The summed E-state index contributed by atoms with van der Waals surface area (Å²) in [6.45, 7) is 6.55. The summed E-state index contributed by atoms with van der Waals surface area (Å²) >= 11 is 0. The van der Waals surface area contributed by atoms with Crippen molar-refractivity contribution in [3.63, 3.8) is 0 Å². The normalized spacial score (nSPS) is 12.4. The van der Waals surface area contributed by atoms with E-state index in [-0.39, 0.29) is 31.1 Å². The van der Waals surface area contributed by atoms with Crippen LogP contribution in [0, 0.1) is 0 Å². The van der Waals surface area contributed by atoms with Gasteiger partial charge in [-0.1, -0.05) is 370 Å². The molecule has 0 aliphatic heterocycles. The van der Waals surface area contributed by atoms with E-state index in [2.05, 4.69) is 81.5 Å². The summed E-state index contributed by atoms with van der Waals surface area (Å²) in [6.07, 6.45) is 93.0. The van der Waals surface area contributed by atoms with Crippen molar-refractivity contribution in [3.8, 4) is 0 Å². The molecule has 0 amide bonds. The van der Waals surface area contributed by atoms with Gasteiger partial charge in [-0.15, -0.1) is 0 Å². The Bertz CT molecular complexity index is 1470. The standard InChI is InChI=1S/C77H140O6/c1-4-7-10-13-16-19-21-23-25-27-29-31-33-34-35-36-37-38-39-40-41-42-43-45-46-48-50-52-54-56-58-61-64-67-70-76(79)82-73-74(72-81-75(78)69-66-63-60-18-15-12-9-6-3)83-77(80)71-68-65-62-59-57-55-53-51-49-47-44-32-30-28-26-24-22-20-17-14-11-8-5-2/h8,11,17,20,24,26,30,32,47,49,74H,4-7,9-10,12-16,18-19,21-23,25,27-29,31,33-46,48,50-73H2,1-3H3/b11-8-,20-17-,26-24-,32-30-,49-47-. The second-order valence-electron chi connectivity index (χ2n) is 24.8. The van der Waals surface area contributed by atoms with Crippen LogP contribution in [0.4, 0.5) is 0 Å². The van der Waals surface area contributed by atoms with E-state index in [9.17, 15) is 14.4 Å². The van der Waals surface area contributed by atoms with E-state index in [0.717, 1.165) is 96.3 Å². The van der Waals surface area contributed by atoms with Crippen molar-refractivity contribution in [3.05, 3.63) is 60.8 Å².